The molecule has 15 heteroatoms. The second kappa shape index (κ2) is 7.59. The third kappa shape index (κ3) is 4.17. The third-order valence-electron chi connectivity index (χ3n) is 3.20. The van der Waals surface area contributed by atoms with Crippen LogP contribution in [-0.2, 0) is 0 Å². The van der Waals surface area contributed by atoms with Gasteiger partial charge in [0, 0.05) is 6.07 Å². The summed E-state index contributed by atoms with van der Waals surface area (Å²) in [6.45, 7) is 0. The first kappa shape index (κ1) is 24.3. The Hall–Kier alpha value is -2.74. The van der Waals surface area contributed by atoms with E-state index in [1.54, 1.807) is 0 Å². The zero-order valence-electron chi connectivity index (χ0n) is 13.6. The Morgan fingerprint density at radius 1 is 0.931 bits per heavy atom. The highest BCUT2D eigenvalue weighted by molar-refractivity contribution is 5.91. The number of alkyl halides is 9. The second-order valence-electron chi connectivity index (χ2n) is 5.08. The van der Waals surface area contributed by atoms with E-state index in [1.165, 1.54) is 0 Å². The number of carboxylic acids is 1. The number of hydrogen-bond acceptors (Lipinski definition) is 3. The lowest BCUT2D eigenvalue weighted by Gasteiger charge is -2.32. The van der Waals surface area contributed by atoms with Gasteiger partial charge in [0.05, 0.1) is 7.11 Å². The van der Waals surface area contributed by atoms with Gasteiger partial charge in [0.15, 0.2) is 0 Å². The lowest BCUT2D eigenvalue weighted by molar-refractivity contribution is -0.392. The fourth-order valence-corrected chi connectivity index (χ4v) is 1.70. The summed E-state index contributed by atoms with van der Waals surface area (Å²) in [7, 11) is 0.881. The van der Waals surface area contributed by atoms with Crippen LogP contribution in [0.3, 0.4) is 0 Å². The molecule has 0 unspecified atom stereocenters. The van der Waals surface area contributed by atoms with Crippen LogP contribution >= 0.6 is 0 Å². The van der Waals surface area contributed by atoms with Gasteiger partial charge >= 0.3 is 35.9 Å². The maximum Gasteiger partial charge on any atom is 0.460 e. The molecule has 1 rings (SSSR count). The summed E-state index contributed by atoms with van der Waals surface area (Å²) < 4.78 is 149. The molecular weight excluding hydrogens is 441 g/mol. The van der Waals surface area contributed by atoms with E-state index in [0.29, 0.717) is 18.2 Å². The highest BCUT2D eigenvalue weighted by Gasteiger charge is 2.83. The first-order chi connectivity index (χ1) is 12.9. The molecule has 1 aromatic carbocycles. The van der Waals surface area contributed by atoms with E-state index in [1.807, 2.05) is 0 Å². The van der Waals surface area contributed by atoms with Crippen molar-refractivity contribution in [2.24, 2.45) is 0 Å². The molecule has 0 aliphatic heterocycles. The lowest BCUT2D eigenvalue weighted by atomic mass is 10.0. The summed E-state index contributed by atoms with van der Waals surface area (Å²) >= 11 is 0. The number of hydrogen-bond donors (Lipinski definition) is 1. The summed E-state index contributed by atoms with van der Waals surface area (Å²) in [6, 6.07) is -1.71. The first-order valence-corrected chi connectivity index (χ1v) is 6.77. The quantitative estimate of drug-likeness (QED) is 0.452. The number of benzene rings is 1. The molecule has 0 aliphatic carbocycles. The van der Waals surface area contributed by atoms with Gasteiger partial charge in [-0.25, -0.2) is 4.79 Å². The Bertz CT molecular complexity index is 814. The zero-order valence-corrected chi connectivity index (χ0v) is 13.6. The largest absolute Gasteiger partial charge is 0.496 e. The standard InChI is InChI=1S/C14H7F11O4/c1-28-7-4-5(2-3-6(7)10(26)27)29-9(16)8(15)11(17,18)12(19,20)13(21,22)14(23,24)25/h2-4H,1H3,(H,26,27). The predicted molar refractivity (Wildman–Crippen MR) is 70.7 cm³/mol. The fraction of sp³-hybridized carbons (Fsp3) is 0.357. The van der Waals surface area contributed by atoms with Gasteiger partial charge in [0.2, 0.25) is 5.83 Å². The Morgan fingerprint density at radius 3 is 1.86 bits per heavy atom. The van der Waals surface area contributed by atoms with Gasteiger partial charge in [-0.2, -0.15) is 48.3 Å². The van der Waals surface area contributed by atoms with Crippen LogP contribution < -0.4 is 9.47 Å². The van der Waals surface area contributed by atoms with Crippen molar-refractivity contribution in [3.8, 4) is 11.5 Å². The van der Waals surface area contributed by atoms with Gasteiger partial charge < -0.3 is 14.6 Å². The van der Waals surface area contributed by atoms with Gasteiger partial charge in [-0.3, -0.25) is 0 Å². The van der Waals surface area contributed by atoms with Gasteiger partial charge in [-0.05, 0) is 12.1 Å². The SMILES string of the molecule is COc1cc(OC(F)=C(F)C(F)(F)C(F)(F)C(F)(F)C(F)(F)F)ccc1C(=O)O. The number of allylic oxidation sites excluding steroid dienone is 1. The van der Waals surface area contributed by atoms with Crippen molar-refractivity contribution in [3.63, 3.8) is 0 Å². The van der Waals surface area contributed by atoms with Gasteiger partial charge in [-0.1, -0.05) is 0 Å². The minimum absolute atomic E-state index is 0.455. The second-order valence-corrected chi connectivity index (χ2v) is 5.08. The number of halogens is 11. The summed E-state index contributed by atoms with van der Waals surface area (Å²) in [5, 5.41) is 8.79. The van der Waals surface area contributed by atoms with E-state index in [9.17, 15) is 53.1 Å². The van der Waals surface area contributed by atoms with Gasteiger partial charge in [-0.15, -0.1) is 0 Å². The van der Waals surface area contributed by atoms with Crippen LogP contribution in [0.5, 0.6) is 11.5 Å². The predicted octanol–water partition coefficient (Wildman–Crippen LogP) is 5.35. The van der Waals surface area contributed by atoms with Gasteiger partial charge in [0.25, 0.3) is 0 Å². The monoisotopic (exact) mass is 448 g/mol. The Labute approximate surface area is 153 Å². The molecule has 0 saturated carbocycles. The molecule has 0 bridgehead atoms. The normalized spacial score (nSPS) is 14.3. The number of rotatable bonds is 7. The van der Waals surface area contributed by atoms with Crippen LogP contribution in [0.4, 0.5) is 48.3 Å². The number of carbonyl (C=O) groups is 1. The molecule has 29 heavy (non-hydrogen) atoms. The van der Waals surface area contributed by atoms with Crippen LogP contribution in [0.15, 0.2) is 30.0 Å². The molecular formula is C14H7F11O4. The van der Waals surface area contributed by atoms with E-state index in [-0.39, 0.29) is 0 Å². The highest BCUT2D eigenvalue weighted by atomic mass is 19.4. The molecule has 1 aromatic rings. The van der Waals surface area contributed by atoms with Crippen LogP contribution in [0.25, 0.3) is 0 Å². The van der Waals surface area contributed by atoms with E-state index in [4.69, 9.17) is 5.11 Å². The van der Waals surface area contributed by atoms with Crippen LogP contribution in [0.2, 0.25) is 0 Å². The minimum Gasteiger partial charge on any atom is -0.496 e. The van der Waals surface area contributed by atoms with E-state index in [0.717, 1.165) is 7.11 Å². The van der Waals surface area contributed by atoms with Crippen molar-refractivity contribution in [2.45, 2.75) is 23.9 Å². The molecule has 0 atom stereocenters. The average molecular weight is 448 g/mol. The highest BCUT2D eigenvalue weighted by Crippen LogP contribution is 2.55. The van der Waals surface area contributed by atoms with Crippen molar-refractivity contribution < 1.29 is 67.7 Å². The van der Waals surface area contributed by atoms with Crippen LogP contribution in [0, 0.1) is 0 Å². The van der Waals surface area contributed by atoms with Crippen molar-refractivity contribution >= 4 is 5.97 Å². The maximum atomic E-state index is 13.5. The van der Waals surface area contributed by atoms with Crippen molar-refractivity contribution in [1.82, 2.24) is 0 Å². The van der Waals surface area contributed by atoms with Crippen molar-refractivity contribution in [2.75, 3.05) is 7.11 Å². The molecule has 4 nitrogen and oxygen atoms in total. The van der Waals surface area contributed by atoms with Crippen LogP contribution in [-0.4, -0.2) is 42.1 Å². The molecule has 0 heterocycles. The number of aromatic carboxylic acids is 1. The van der Waals surface area contributed by atoms with E-state index < -0.39 is 58.8 Å². The topological polar surface area (TPSA) is 55.8 Å². The zero-order chi connectivity index (χ0) is 23.0. The molecule has 0 spiro atoms. The average Bonchev–Trinajstić information content (AvgIpc) is 2.59. The third-order valence-corrected chi connectivity index (χ3v) is 3.20. The number of methoxy groups -OCH3 is 1. The molecule has 0 amide bonds. The maximum absolute atomic E-state index is 13.5. The van der Waals surface area contributed by atoms with Gasteiger partial charge in [0.1, 0.15) is 17.1 Å². The van der Waals surface area contributed by atoms with Crippen LogP contribution in [0.1, 0.15) is 10.4 Å². The van der Waals surface area contributed by atoms with Crippen molar-refractivity contribution in [1.29, 1.82) is 0 Å². The Balaban J connectivity index is 3.36. The fourth-order valence-electron chi connectivity index (χ4n) is 1.70. The molecule has 0 fully saturated rings. The summed E-state index contributed by atoms with van der Waals surface area (Å²) in [6.07, 6.45) is -7.22. The lowest BCUT2D eigenvalue weighted by Crippen LogP contribution is -2.61. The molecule has 0 radical (unpaired) electrons. The Morgan fingerprint density at radius 2 is 1.45 bits per heavy atom. The summed E-state index contributed by atoms with van der Waals surface area (Å²) in [4.78, 5) is 10.8. The molecule has 1 N–H and O–H groups in total. The smallest absolute Gasteiger partial charge is 0.460 e. The van der Waals surface area contributed by atoms with E-state index >= 15 is 0 Å². The summed E-state index contributed by atoms with van der Waals surface area (Å²) in [5.41, 5.74) is -0.591. The number of ether oxygens (including phenoxy) is 2. The molecule has 164 valence electrons. The van der Waals surface area contributed by atoms with E-state index in [2.05, 4.69) is 9.47 Å². The molecule has 0 aliphatic rings. The minimum atomic E-state index is -7.44. The Kier molecular flexibility index (Phi) is 6.36. The molecule has 0 saturated heterocycles. The number of carboxylic acid groups (broad SMARTS) is 1. The molecule has 0 aromatic heterocycles. The summed E-state index contributed by atoms with van der Waals surface area (Å²) in [5.74, 6) is -29.2. The van der Waals surface area contributed by atoms with Crippen molar-refractivity contribution in [3.05, 3.63) is 35.6 Å². The first-order valence-electron chi connectivity index (χ1n) is 6.77.